The zero-order valence-electron chi connectivity index (χ0n) is 18.9. The zero-order chi connectivity index (χ0) is 22.5. The Labute approximate surface area is 188 Å². The number of nitrogens with one attached hydrogen (secondary N) is 2. The molecule has 1 atom stereocenters. The molecular weight excluding hydrogens is 410 g/mol. The minimum Gasteiger partial charge on any atom is -0.493 e. The van der Waals surface area contributed by atoms with Crippen LogP contribution in [0.3, 0.4) is 0 Å². The molecule has 1 aliphatic heterocycles. The summed E-state index contributed by atoms with van der Waals surface area (Å²) in [4.78, 5) is 30.7. The number of fused-ring (bicyclic) bond motifs is 1. The van der Waals surface area contributed by atoms with E-state index in [1.54, 1.807) is 25.2 Å². The third kappa shape index (κ3) is 5.18. The van der Waals surface area contributed by atoms with E-state index >= 15 is 0 Å². The second-order valence-electron chi connectivity index (χ2n) is 8.72. The second-order valence-corrected chi connectivity index (χ2v) is 8.72. The Morgan fingerprint density at radius 1 is 1.09 bits per heavy atom. The van der Waals surface area contributed by atoms with Crippen molar-refractivity contribution in [2.24, 2.45) is 0 Å². The maximum atomic E-state index is 13.2. The van der Waals surface area contributed by atoms with Crippen molar-refractivity contribution in [1.82, 2.24) is 15.2 Å². The van der Waals surface area contributed by atoms with Crippen LogP contribution in [0.15, 0.2) is 23.0 Å². The number of rotatable bonds is 7. The van der Waals surface area contributed by atoms with E-state index in [-0.39, 0.29) is 30.3 Å². The van der Waals surface area contributed by atoms with Crippen LogP contribution in [0.4, 0.5) is 4.79 Å². The summed E-state index contributed by atoms with van der Waals surface area (Å²) in [6, 6.07) is 5.49. The molecule has 1 aliphatic carbocycles. The molecule has 2 heterocycles. The van der Waals surface area contributed by atoms with Crippen LogP contribution in [0.25, 0.3) is 10.9 Å². The number of methoxy groups -OCH3 is 2. The molecule has 2 amide bonds. The standard InChI is InChI=1S/C24H33N3O5/c1-30-21-12-16-11-17(23(28)26-20(16)13-22(21)31-2)14-27(15-19-9-6-10-32-19)24(29)25-18-7-4-3-5-8-18/h11-13,18-19H,3-10,14-15H2,1-2H3,(H,25,29)(H,26,28). The lowest BCUT2D eigenvalue weighted by atomic mass is 9.96. The van der Waals surface area contributed by atoms with Gasteiger partial charge in [0.25, 0.3) is 5.56 Å². The SMILES string of the molecule is COc1cc2cc(CN(CC3CCCO3)C(=O)NC3CCCCC3)c(=O)[nH]c2cc1OC. The van der Waals surface area contributed by atoms with E-state index in [9.17, 15) is 9.59 Å². The number of aromatic amines is 1. The van der Waals surface area contributed by atoms with Crippen LogP contribution in [0, 0.1) is 0 Å². The number of hydrogen-bond acceptors (Lipinski definition) is 5. The first-order chi connectivity index (χ1) is 15.6. The highest BCUT2D eigenvalue weighted by atomic mass is 16.5. The van der Waals surface area contributed by atoms with Gasteiger partial charge in [0, 0.05) is 36.2 Å². The highest BCUT2D eigenvalue weighted by Crippen LogP contribution is 2.31. The van der Waals surface area contributed by atoms with Gasteiger partial charge in [-0.05, 0) is 37.8 Å². The zero-order valence-corrected chi connectivity index (χ0v) is 18.9. The fraction of sp³-hybridized carbons (Fsp3) is 0.583. The molecule has 8 nitrogen and oxygen atoms in total. The molecule has 174 valence electrons. The van der Waals surface area contributed by atoms with Crippen molar-refractivity contribution in [2.45, 2.75) is 63.6 Å². The lowest BCUT2D eigenvalue weighted by Crippen LogP contribution is -2.48. The van der Waals surface area contributed by atoms with Gasteiger partial charge in [-0.25, -0.2) is 4.79 Å². The van der Waals surface area contributed by atoms with Gasteiger partial charge >= 0.3 is 6.03 Å². The number of H-pyrrole nitrogens is 1. The smallest absolute Gasteiger partial charge is 0.318 e. The van der Waals surface area contributed by atoms with E-state index in [1.165, 1.54) is 6.42 Å². The van der Waals surface area contributed by atoms with Gasteiger partial charge in [-0.15, -0.1) is 0 Å². The van der Waals surface area contributed by atoms with Gasteiger partial charge in [-0.2, -0.15) is 0 Å². The summed E-state index contributed by atoms with van der Waals surface area (Å²) in [5, 5.41) is 4.01. The van der Waals surface area contributed by atoms with Crippen molar-refractivity contribution in [3.8, 4) is 11.5 Å². The average Bonchev–Trinajstić information content (AvgIpc) is 3.32. The summed E-state index contributed by atoms with van der Waals surface area (Å²) in [6.07, 6.45) is 7.48. The van der Waals surface area contributed by atoms with Gasteiger partial charge in [-0.3, -0.25) is 4.79 Å². The quantitative estimate of drug-likeness (QED) is 0.683. The van der Waals surface area contributed by atoms with Crippen LogP contribution in [-0.4, -0.2) is 55.4 Å². The third-order valence-electron chi connectivity index (χ3n) is 6.45. The number of urea groups is 1. The number of benzene rings is 1. The molecule has 1 saturated carbocycles. The Hall–Kier alpha value is -2.74. The van der Waals surface area contributed by atoms with Gasteiger partial charge in [0.15, 0.2) is 11.5 Å². The number of carbonyl (C=O) groups is 1. The molecule has 1 saturated heterocycles. The van der Waals surface area contributed by atoms with E-state index in [1.807, 2.05) is 12.1 Å². The predicted molar refractivity (Wildman–Crippen MR) is 122 cm³/mol. The number of carbonyl (C=O) groups excluding carboxylic acids is 1. The summed E-state index contributed by atoms with van der Waals surface area (Å²) < 4.78 is 16.5. The van der Waals surface area contributed by atoms with E-state index in [0.717, 1.165) is 50.5 Å². The lowest BCUT2D eigenvalue weighted by molar-refractivity contribution is 0.0784. The molecule has 2 aromatic rings. The monoisotopic (exact) mass is 443 g/mol. The molecule has 2 N–H and O–H groups in total. The highest BCUT2D eigenvalue weighted by molar-refractivity contribution is 5.83. The van der Waals surface area contributed by atoms with Crippen molar-refractivity contribution < 1.29 is 19.0 Å². The number of aromatic nitrogens is 1. The molecule has 1 aromatic heterocycles. The second kappa shape index (κ2) is 10.3. The van der Waals surface area contributed by atoms with Crippen LogP contribution in [0.1, 0.15) is 50.5 Å². The summed E-state index contributed by atoms with van der Waals surface area (Å²) in [6.45, 7) is 1.42. The highest BCUT2D eigenvalue weighted by Gasteiger charge is 2.26. The average molecular weight is 444 g/mol. The molecule has 2 fully saturated rings. The van der Waals surface area contributed by atoms with Gasteiger partial charge in [0.05, 0.1) is 32.4 Å². The Bertz CT molecular complexity index is 993. The molecule has 1 unspecified atom stereocenters. The first-order valence-corrected chi connectivity index (χ1v) is 11.5. The van der Waals surface area contributed by atoms with Crippen LogP contribution in [0.5, 0.6) is 11.5 Å². The summed E-state index contributed by atoms with van der Waals surface area (Å²) in [7, 11) is 3.14. The molecular formula is C24H33N3O5. The molecule has 1 aromatic carbocycles. The minimum atomic E-state index is -0.215. The summed E-state index contributed by atoms with van der Waals surface area (Å²) in [5.74, 6) is 1.14. The van der Waals surface area contributed by atoms with Gasteiger partial charge in [0.2, 0.25) is 0 Å². The number of pyridine rings is 1. The fourth-order valence-electron chi connectivity index (χ4n) is 4.67. The lowest BCUT2D eigenvalue weighted by Gasteiger charge is -2.29. The third-order valence-corrected chi connectivity index (χ3v) is 6.45. The Balaban J connectivity index is 1.58. The molecule has 8 heteroatoms. The molecule has 32 heavy (non-hydrogen) atoms. The van der Waals surface area contributed by atoms with Gasteiger partial charge < -0.3 is 29.4 Å². The van der Waals surface area contributed by atoms with Crippen molar-refractivity contribution in [3.05, 3.63) is 34.1 Å². The van der Waals surface area contributed by atoms with Gasteiger partial charge in [-0.1, -0.05) is 19.3 Å². The number of nitrogens with zero attached hydrogens (tertiary/aromatic N) is 1. The van der Waals surface area contributed by atoms with E-state index in [2.05, 4.69) is 10.3 Å². The van der Waals surface area contributed by atoms with E-state index < -0.39 is 0 Å². The van der Waals surface area contributed by atoms with Crippen LogP contribution < -0.4 is 20.3 Å². The van der Waals surface area contributed by atoms with Crippen molar-refractivity contribution in [1.29, 1.82) is 0 Å². The topological polar surface area (TPSA) is 92.9 Å². The maximum absolute atomic E-state index is 13.2. The maximum Gasteiger partial charge on any atom is 0.318 e. The molecule has 0 radical (unpaired) electrons. The van der Waals surface area contributed by atoms with Crippen molar-refractivity contribution >= 4 is 16.9 Å². The predicted octanol–water partition coefficient (Wildman–Crippen LogP) is 3.57. The van der Waals surface area contributed by atoms with Crippen LogP contribution >= 0.6 is 0 Å². The summed E-state index contributed by atoms with van der Waals surface area (Å²) in [5.41, 5.74) is 0.975. The van der Waals surface area contributed by atoms with Crippen LogP contribution in [0.2, 0.25) is 0 Å². The number of hydrogen-bond donors (Lipinski definition) is 2. The summed E-state index contributed by atoms with van der Waals surface area (Å²) >= 11 is 0. The Morgan fingerprint density at radius 3 is 2.53 bits per heavy atom. The van der Waals surface area contributed by atoms with E-state index in [0.29, 0.717) is 29.1 Å². The van der Waals surface area contributed by atoms with Crippen LogP contribution in [-0.2, 0) is 11.3 Å². The largest absolute Gasteiger partial charge is 0.493 e. The molecule has 4 rings (SSSR count). The minimum absolute atomic E-state index is 0.0102. The first-order valence-electron chi connectivity index (χ1n) is 11.5. The first kappa shape index (κ1) is 22.5. The Morgan fingerprint density at radius 2 is 1.84 bits per heavy atom. The van der Waals surface area contributed by atoms with Crippen molar-refractivity contribution in [3.63, 3.8) is 0 Å². The fourth-order valence-corrected chi connectivity index (χ4v) is 4.67. The number of amides is 2. The van der Waals surface area contributed by atoms with Crippen molar-refractivity contribution in [2.75, 3.05) is 27.4 Å². The van der Waals surface area contributed by atoms with Gasteiger partial charge in [0.1, 0.15) is 0 Å². The van der Waals surface area contributed by atoms with E-state index in [4.69, 9.17) is 14.2 Å². The molecule has 0 spiro atoms. The molecule has 2 aliphatic rings. The normalized spacial score (nSPS) is 19.1. The molecule has 0 bridgehead atoms. The Kier molecular flexibility index (Phi) is 7.19. The number of ether oxygens (including phenoxy) is 3.